The second-order valence-corrected chi connectivity index (χ2v) is 8.46. The van der Waals surface area contributed by atoms with E-state index in [9.17, 15) is 19.5 Å². The van der Waals surface area contributed by atoms with E-state index in [0.717, 1.165) is 35.1 Å². The number of carboxylic acids is 1. The van der Waals surface area contributed by atoms with Gasteiger partial charge in [-0.05, 0) is 41.5 Å². The van der Waals surface area contributed by atoms with Crippen LogP contribution in [0.15, 0.2) is 48.5 Å². The fourth-order valence-electron chi connectivity index (χ4n) is 4.46. The Morgan fingerprint density at radius 3 is 2.18 bits per heavy atom. The molecule has 33 heavy (non-hydrogen) atoms. The molecule has 2 aromatic rings. The topological polar surface area (TPSA) is 116 Å². The van der Waals surface area contributed by atoms with Gasteiger partial charge in [0.2, 0.25) is 5.91 Å². The summed E-state index contributed by atoms with van der Waals surface area (Å²) in [4.78, 5) is 38.5. The van der Waals surface area contributed by atoms with E-state index in [-0.39, 0.29) is 25.2 Å². The summed E-state index contributed by atoms with van der Waals surface area (Å²) in [6.07, 6.45) is 0.705. The summed E-state index contributed by atoms with van der Waals surface area (Å²) in [7, 11) is 0. The zero-order chi connectivity index (χ0) is 23.4. The van der Waals surface area contributed by atoms with Gasteiger partial charge in [0.05, 0.1) is 6.42 Å². The molecule has 1 atom stereocenters. The van der Waals surface area contributed by atoms with Crippen molar-refractivity contribution in [1.29, 1.82) is 0 Å². The molecule has 1 unspecified atom stereocenters. The van der Waals surface area contributed by atoms with Gasteiger partial charge in [-0.1, -0.05) is 48.5 Å². The number of hydrogen-bond acceptors (Lipinski definition) is 5. The van der Waals surface area contributed by atoms with E-state index in [1.807, 2.05) is 48.5 Å². The first-order chi connectivity index (χ1) is 16.0. The first-order valence-electron chi connectivity index (χ1n) is 11.2. The van der Waals surface area contributed by atoms with Crippen molar-refractivity contribution in [2.45, 2.75) is 43.7 Å². The van der Waals surface area contributed by atoms with Gasteiger partial charge in [-0.25, -0.2) is 4.79 Å². The summed E-state index contributed by atoms with van der Waals surface area (Å²) < 4.78 is 5.49. The average Bonchev–Trinajstić information content (AvgIpc) is 3.59. The summed E-state index contributed by atoms with van der Waals surface area (Å²) in [5.41, 5.74) is 4.33. The first kappa shape index (κ1) is 22.8. The lowest BCUT2D eigenvalue weighted by Crippen LogP contribution is -2.50. The molecule has 0 bridgehead atoms. The molecular weight excluding hydrogens is 424 g/mol. The fourth-order valence-corrected chi connectivity index (χ4v) is 4.46. The number of amides is 2. The molecule has 174 valence electrons. The van der Waals surface area contributed by atoms with Crippen LogP contribution in [0.2, 0.25) is 0 Å². The molecule has 2 aliphatic rings. The van der Waals surface area contributed by atoms with Crippen LogP contribution >= 0.6 is 0 Å². The van der Waals surface area contributed by atoms with Crippen molar-refractivity contribution in [1.82, 2.24) is 10.2 Å². The number of aliphatic carboxylic acids is 1. The number of ether oxygens (including phenoxy) is 1. The van der Waals surface area contributed by atoms with Crippen LogP contribution in [-0.2, 0) is 14.3 Å². The van der Waals surface area contributed by atoms with Gasteiger partial charge in [-0.15, -0.1) is 0 Å². The molecule has 8 heteroatoms. The molecule has 1 saturated carbocycles. The van der Waals surface area contributed by atoms with Gasteiger partial charge in [-0.2, -0.15) is 0 Å². The highest BCUT2D eigenvalue weighted by Crippen LogP contribution is 2.44. The van der Waals surface area contributed by atoms with Crippen LogP contribution in [0, 0.1) is 0 Å². The normalized spacial score (nSPS) is 15.3. The standard InChI is InChI=1S/C25H28N2O6/c28-13-5-12-27(16-10-11-16)24(31)22(14-23(29)30)26-25(32)33-15-21-19-8-3-1-6-17(19)18-7-2-4-9-20(18)21/h1-4,6-9,16,21-22,28H,5,10-15H2,(H,26,32)(H,29,30). The number of carboxylic acid groups (broad SMARTS) is 1. The van der Waals surface area contributed by atoms with Crippen molar-refractivity contribution in [3.8, 4) is 11.1 Å². The lowest BCUT2D eigenvalue weighted by molar-refractivity contribution is -0.142. The number of nitrogens with zero attached hydrogens (tertiary/aromatic N) is 1. The predicted octanol–water partition coefficient (Wildman–Crippen LogP) is 2.74. The monoisotopic (exact) mass is 452 g/mol. The molecule has 4 rings (SSSR count). The van der Waals surface area contributed by atoms with E-state index in [1.54, 1.807) is 4.90 Å². The molecule has 8 nitrogen and oxygen atoms in total. The molecule has 1 fully saturated rings. The molecular formula is C25H28N2O6. The van der Waals surface area contributed by atoms with Gasteiger partial charge in [0.15, 0.2) is 0 Å². The number of rotatable bonds is 10. The second kappa shape index (κ2) is 10.0. The van der Waals surface area contributed by atoms with Crippen molar-refractivity contribution in [3.05, 3.63) is 59.7 Å². The van der Waals surface area contributed by atoms with Crippen LogP contribution in [0.1, 0.15) is 42.7 Å². The van der Waals surface area contributed by atoms with Crippen LogP contribution in [0.3, 0.4) is 0 Å². The molecule has 0 spiro atoms. The lowest BCUT2D eigenvalue weighted by Gasteiger charge is -2.27. The highest BCUT2D eigenvalue weighted by Gasteiger charge is 2.37. The van der Waals surface area contributed by atoms with Crippen LogP contribution in [0.25, 0.3) is 11.1 Å². The highest BCUT2D eigenvalue weighted by molar-refractivity contribution is 5.89. The molecule has 0 aromatic heterocycles. The Morgan fingerprint density at radius 2 is 1.64 bits per heavy atom. The zero-order valence-corrected chi connectivity index (χ0v) is 18.3. The average molecular weight is 453 g/mol. The van der Waals surface area contributed by atoms with Gasteiger partial charge >= 0.3 is 12.1 Å². The van der Waals surface area contributed by atoms with Gasteiger partial charge in [0, 0.05) is 25.1 Å². The predicted molar refractivity (Wildman–Crippen MR) is 121 cm³/mol. The van der Waals surface area contributed by atoms with E-state index in [0.29, 0.717) is 13.0 Å². The lowest BCUT2D eigenvalue weighted by atomic mass is 9.98. The number of hydrogen-bond donors (Lipinski definition) is 3. The minimum atomic E-state index is -1.22. The van der Waals surface area contributed by atoms with Crippen LogP contribution in [0.4, 0.5) is 4.79 Å². The Balaban J connectivity index is 1.43. The maximum atomic E-state index is 13.0. The first-order valence-corrected chi connectivity index (χ1v) is 11.2. The summed E-state index contributed by atoms with van der Waals surface area (Å²) in [6, 6.07) is 14.7. The minimum Gasteiger partial charge on any atom is -0.481 e. The summed E-state index contributed by atoms with van der Waals surface area (Å²) in [5.74, 6) is -1.78. The summed E-state index contributed by atoms with van der Waals surface area (Å²) in [5, 5.41) is 20.9. The Kier molecular flexibility index (Phi) is 6.93. The highest BCUT2D eigenvalue weighted by atomic mass is 16.5. The summed E-state index contributed by atoms with van der Waals surface area (Å²) in [6.45, 7) is 0.326. The molecule has 3 N–H and O–H groups in total. The Bertz CT molecular complexity index is 990. The number of nitrogens with one attached hydrogen (secondary N) is 1. The maximum absolute atomic E-state index is 13.0. The van der Waals surface area contributed by atoms with E-state index in [4.69, 9.17) is 9.84 Å². The van der Waals surface area contributed by atoms with E-state index in [2.05, 4.69) is 5.32 Å². The van der Waals surface area contributed by atoms with Crippen molar-refractivity contribution >= 4 is 18.0 Å². The number of fused-ring (bicyclic) bond motifs is 3. The smallest absolute Gasteiger partial charge is 0.407 e. The van der Waals surface area contributed by atoms with E-state index < -0.39 is 30.4 Å². The molecule has 0 aliphatic heterocycles. The van der Waals surface area contributed by atoms with Crippen molar-refractivity contribution in [2.75, 3.05) is 19.8 Å². The van der Waals surface area contributed by atoms with Crippen molar-refractivity contribution < 1.29 is 29.3 Å². The quantitative estimate of drug-likeness (QED) is 0.511. The Morgan fingerprint density at radius 1 is 1.03 bits per heavy atom. The molecule has 0 heterocycles. The summed E-state index contributed by atoms with van der Waals surface area (Å²) >= 11 is 0. The van der Waals surface area contributed by atoms with Crippen molar-refractivity contribution in [2.24, 2.45) is 0 Å². The SMILES string of the molecule is O=C(O)CC(NC(=O)OCC1c2ccccc2-c2ccccc21)C(=O)N(CCCO)C1CC1. The van der Waals surface area contributed by atoms with Crippen molar-refractivity contribution in [3.63, 3.8) is 0 Å². The van der Waals surface area contributed by atoms with Crippen LogP contribution < -0.4 is 5.32 Å². The molecule has 2 amide bonds. The number of aliphatic hydroxyl groups excluding tert-OH is 1. The van der Waals surface area contributed by atoms with Crippen LogP contribution in [0.5, 0.6) is 0 Å². The third-order valence-corrected chi connectivity index (χ3v) is 6.14. The van der Waals surface area contributed by atoms with Gasteiger partial charge in [0.25, 0.3) is 0 Å². The number of benzene rings is 2. The maximum Gasteiger partial charge on any atom is 0.407 e. The second-order valence-electron chi connectivity index (χ2n) is 8.46. The van der Waals surface area contributed by atoms with E-state index in [1.165, 1.54) is 0 Å². The number of carbonyl (C=O) groups is 3. The third kappa shape index (κ3) is 5.17. The third-order valence-electron chi connectivity index (χ3n) is 6.14. The van der Waals surface area contributed by atoms with Gasteiger partial charge < -0.3 is 25.2 Å². The van der Waals surface area contributed by atoms with Gasteiger partial charge in [0.1, 0.15) is 12.6 Å². The zero-order valence-electron chi connectivity index (χ0n) is 18.3. The molecule has 0 radical (unpaired) electrons. The number of aliphatic hydroxyl groups is 1. The number of carbonyl (C=O) groups excluding carboxylic acids is 2. The molecule has 2 aromatic carbocycles. The molecule has 2 aliphatic carbocycles. The fraction of sp³-hybridized carbons (Fsp3) is 0.400. The molecule has 0 saturated heterocycles. The van der Waals surface area contributed by atoms with E-state index >= 15 is 0 Å². The van der Waals surface area contributed by atoms with Crippen LogP contribution in [-0.4, -0.2) is 64.9 Å². The largest absolute Gasteiger partial charge is 0.481 e. The van der Waals surface area contributed by atoms with Gasteiger partial charge in [-0.3, -0.25) is 9.59 Å². The minimum absolute atomic E-state index is 0.0321. The Labute approximate surface area is 192 Å². The number of alkyl carbamates (subject to hydrolysis) is 1. The Hall–Kier alpha value is -3.39.